The van der Waals surface area contributed by atoms with Crippen LogP contribution in [0.4, 0.5) is 0 Å². The molecule has 0 fully saturated rings. The molecular weight excluding hydrogens is 218 g/mol. The largest absolute Gasteiger partial charge is 0.277 e. The van der Waals surface area contributed by atoms with Crippen LogP contribution in [0.2, 0.25) is 0 Å². The Morgan fingerprint density at radius 2 is 2.19 bits per heavy atom. The fraction of sp³-hybridized carbons (Fsp3) is 0.167. The molecule has 0 aliphatic heterocycles. The molecule has 1 rings (SSSR count). The van der Waals surface area contributed by atoms with Crippen LogP contribution in [-0.2, 0) is 0 Å². The summed E-state index contributed by atoms with van der Waals surface area (Å²) in [7, 11) is 1.76. The van der Waals surface area contributed by atoms with Crippen LogP contribution in [0.1, 0.15) is 5.56 Å². The molecule has 0 amide bonds. The second-order valence-corrected chi connectivity index (χ2v) is 4.09. The van der Waals surface area contributed by atoms with E-state index in [1.165, 1.54) is 11.8 Å². The van der Waals surface area contributed by atoms with E-state index in [2.05, 4.69) is 11.7 Å². The number of nitrogens with zero attached hydrogens (tertiary/aromatic N) is 2. The lowest BCUT2D eigenvalue weighted by atomic mass is 10.2. The molecule has 0 radical (unpaired) electrons. The van der Waals surface area contributed by atoms with Gasteiger partial charge in [-0.05, 0) is 5.56 Å². The van der Waals surface area contributed by atoms with Crippen molar-refractivity contribution in [3.63, 3.8) is 0 Å². The first kappa shape index (κ1) is 12.5. The first-order valence-electron chi connectivity index (χ1n) is 4.89. The number of hydrogen-bond acceptors (Lipinski definition) is 3. The van der Waals surface area contributed by atoms with Crippen LogP contribution in [-0.4, -0.2) is 29.2 Å². The maximum Gasteiger partial charge on any atom is 0.177 e. The van der Waals surface area contributed by atoms with Gasteiger partial charge in [0, 0.05) is 12.8 Å². The van der Waals surface area contributed by atoms with E-state index in [0.29, 0.717) is 5.17 Å². The Kier molecular flexibility index (Phi) is 5.36. The van der Waals surface area contributed by atoms with Gasteiger partial charge in [-0.25, -0.2) is 5.01 Å². The summed E-state index contributed by atoms with van der Waals surface area (Å²) in [6.07, 6.45) is 3.51. The van der Waals surface area contributed by atoms with Gasteiger partial charge in [0.1, 0.15) is 0 Å². The van der Waals surface area contributed by atoms with Crippen molar-refractivity contribution in [2.75, 3.05) is 12.8 Å². The Morgan fingerprint density at radius 1 is 1.50 bits per heavy atom. The Labute approximate surface area is 100 Å². The molecule has 0 atom stereocenters. The molecule has 1 aromatic rings. The fourth-order valence-electron chi connectivity index (χ4n) is 0.976. The molecule has 1 N–H and O–H groups in total. The predicted molar refractivity (Wildman–Crippen MR) is 72.2 cm³/mol. The Balaban J connectivity index is 2.50. The molecule has 16 heavy (non-hydrogen) atoms. The molecule has 4 heteroatoms. The van der Waals surface area contributed by atoms with Gasteiger partial charge in [0.25, 0.3) is 0 Å². The van der Waals surface area contributed by atoms with Crippen LogP contribution in [0.15, 0.2) is 48.1 Å². The van der Waals surface area contributed by atoms with Gasteiger partial charge in [0.2, 0.25) is 0 Å². The lowest BCUT2D eigenvalue weighted by Crippen LogP contribution is -2.17. The van der Waals surface area contributed by atoms with Crippen LogP contribution >= 0.6 is 11.8 Å². The number of hydrazone groups is 1. The van der Waals surface area contributed by atoms with Gasteiger partial charge in [0.15, 0.2) is 5.17 Å². The van der Waals surface area contributed by atoms with E-state index in [0.717, 1.165) is 11.3 Å². The van der Waals surface area contributed by atoms with Crippen molar-refractivity contribution in [2.24, 2.45) is 5.10 Å². The van der Waals surface area contributed by atoms with Gasteiger partial charge in [-0.1, -0.05) is 48.2 Å². The summed E-state index contributed by atoms with van der Waals surface area (Å²) in [5.74, 6) is 0.726. The van der Waals surface area contributed by atoms with E-state index >= 15 is 0 Å². The van der Waals surface area contributed by atoms with Gasteiger partial charge in [-0.2, -0.15) is 5.10 Å². The fourth-order valence-corrected chi connectivity index (χ4v) is 1.49. The lowest BCUT2D eigenvalue weighted by Gasteiger charge is -2.11. The molecule has 0 saturated heterocycles. The molecule has 0 aliphatic rings. The summed E-state index contributed by atoms with van der Waals surface area (Å²) in [6, 6.07) is 9.82. The number of rotatable bonds is 4. The monoisotopic (exact) mass is 233 g/mol. The second kappa shape index (κ2) is 6.85. The molecule has 84 valence electrons. The van der Waals surface area contributed by atoms with Gasteiger partial charge in [-0.3, -0.25) is 5.41 Å². The van der Waals surface area contributed by atoms with Crippen molar-refractivity contribution < 1.29 is 0 Å². The van der Waals surface area contributed by atoms with Crippen molar-refractivity contribution in [1.82, 2.24) is 5.01 Å². The first-order chi connectivity index (χ1) is 7.74. The molecule has 0 spiro atoms. The molecule has 0 bridgehead atoms. The SMILES string of the molecule is C=CCSC(=N)N(C)N=Cc1ccccc1. The first-order valence-corrected chi connectivity index (χ1v) is 5.87. The Morgan fingerprint density at radius 3 is 2.81 bits per heavy atom. The summed E-state index contributed by atoms with van der Waals surface area (Å²) < 4.78 is 0. The molecule has 0 aromatic heterocycles. The van der Waals surface area contributed by atoms with Gasteiger partial charge in [0.05, 0.1) is 6.21 Å². The third-order valence-electron chi connectivity index (χ3n) is 1.81. The van der Waals surface area contributed by atoms with Crippen LogP contribution in [0.5, 0.6) is 0 Å². The lowest BCUT2D eigenvalue weighted by molar-refractivity contribution is 0.556. The summed E-state index contributed by atoms with van der Waals surface area (Å²) in [6.45, 7) is 3.61. The molecule has 3 nitrogen and oxygen atoms in total. The zero-order valence-corrected chi connectivity index (χ0v) is 10.1. The summed E-state index contributed by atoms with van der Waals surface area (Å²) in [5.41, 5.74) is 1.02. The zero-order chi connectivity index (χ0) is 11.8. The van der Waals surface area contributed by atoms with Crippen molar-refractivity contribution in [3.8, 4) is 0 Å². The minimum atomic E-state index is 0.409. The molecule has 0 saturated carbocycles. The minimum Gasteiger partial charge on any atom is -0.277 e. The third-order valence-corrected chi connectivity index (χ3v) is 2.75. The number of hydrogen-bond donors (Lipinski definition) is 1. The second-order valence-electron chi connectivity index (χ2n) is 3.08. The highest BCUT2D eigenvalue weighted by atomic mass is 32.2. The van der Waals surface area contributed by atoms with Gasteiger partial charge >= 0.3 is 0 Å². The molecular formula is C12H15N3S. The van der Waals surface area contributed by atoms with E-state index < -0.39 is 0 Å². The maximum absolute atomic E-state index is 7.69. The minimum absolute atomic E-state index is 0.409. The number of thioether (sulfide) groups is 1. The molecule has 1 aromatic carbocycles. The molecule has 0 aliphatic carbocycles. The summed E-state index contributed by atoms with van der Waals surface area (Å²) in [4.78, 5) is 0. The summed E-state index contributed by atoms with van der Waals surface area (Å²) >= 11 is 1.40. The van der Waals surface area contributed by atoms with Gasteiger partial charge in [-0.15, -0.1) is 6.58 Å². The Hall–Kier alpha value is -1.55. The van der Waals surface area contributed by atoms with E-state index in [9.17, 15) is 0 Å². The van der Waals surface area contributed by atoms with Crippen LogP contribution in [0.3, 0.4) is 0 Å². The highest BCUT2D eigenvalue weighted by molar-refractivity contribution is 8.13. The van der Waals surface area contributed by atoms with Crippen LogP contribution < -0.4 is 0 Å². The number of benzene rings is 1. The maximum atomic E-state index is 7.69. The molecule has 0 unspecified atom stereocenters. The van der Waals surface area contributed by atoms with Crippen molar-refractivity contribution >= 4 is 23.1 Å². The zero-order valence-electron chi connectivity index (χ0n) is 9.26. The average Bonchev–Trinajstić information content (AvgIpc) is 2.34. The van der Waals surface area contributed by atoms with E-state index in [-0.39, 0.29) is 0 Å². The van der Waals surface area contributed by atoms with Crippen molar-refractivity contribution in [2.45, 2.75) is 0 Å². The quantitative estimate of drug-likeness (QED) is 0.376. The third kappa shape index (κ3) is 4.31. The number of nitrogens with one attached hydrogen (secondary N) is 1. The molecule has 0 heterocycles. The van der Waals surface area contributed by atoms with Gasteiger partial charge < -0.3 is 0 Å². The number of amidine groups is 1. The van der Waals surface area contributed by atoms with E-state index in [1.807, 2.05) is 30.3 Å². The van der Waals surface area contributed by atoms with E-state index in [4.69, 9.17) is 5.41 Å². The average molecular weight is 233 g/mol. The van der Waals surface area contributed by atoms with Crippen LogP contribution in [0.25, 0.3) is 0 Å². The van der Waals surface area contributed by atoms with Crippen LogP contribution in [0, 0.1) is 5.41 Å². The topological polar surface area (TPSA) is 39.5 Å². The normalized spacial score (nSPS) is 10.3. The highest BCUT2D eigenvalue weighted by Gasteiger charge is 2.00. The predicted octanol–water partition coefficient (Wildman–Crippen LogP) is 2.81. The van der Waals surface area contributed by atoms with E-state index in [1.54, 1.807) is 24.3 Å². The van der Waals surface area contributed by atoms with Crippen molar-refractivity contribution in [1.29, 1.82) is 5.41 Å². The Bertz CT molecular complexity index is 373. The standard InChI is InChI=1S/C12H15N3S/c1-3-9-16-12(13)15(2)14-10-11-7-5-4-6-8-11/h3-8,10,13H,1,9H2,2H3. The highest BCUT2D eigenvalue weighted by Crippen LogP contribution is 2.06. The summed E-state index contributed by atoms with van der Waals surface area (Å²) in [5, 5.41) is 13.8. The smallest absolute Gasteiger partial charge is 0.177 e. The van der Waals surface area contributed by atoms with Crippen molar-refractivity contribution in [3.05, 3.63) is 48.6 Å².